The highest BCUT2D eigenvalue weighted by Crippen LogP contribution is 2.38. The fraction of sp³-hybridized carbons (Fsp3) is 0.0769. The standard InChI is InChI=1S/C39H30ClFN4O4S2/c1-2-49-27-18-21-32-34(22-27)51-39(44-32)45-38(48)35(24-10-5-3-6-11-24)50-28-19-16-26(17-20-28)42-37(47)33(23-29-30(40)14-9-15-31(29)41)43-36(46)25-12-7-4-8-13-25/h3-23,35H,2H2,1H3,(H,42,47)(H,43,46)(H,44,45,48)/b33-23-. The van der Waals surface area contributed by atoms with E-state index >= 15 is 0 Å². The summed E-state index contributed by atoms with van der Waals surface area (Å²) < 4.78 is 21.2. The van der Waals surface area contributed by atoms with E-state index in [9.17, 15) is 18.8 Å². The SMILES string of the molecule is CCOc1ccc2nc(NC(=O)C(Sc3ccc(NC(=O)/C(=C/c4c(F)cccc4Cl)NC(=O)c4ccccc4)cc3)c3ccccc3)sc2c1. The van der Waals surface area contributed by atoms with Crippen molar-refractivity contribution in [2.45, 2.75) is 17.1 Å². The van der Waals surface area contributed by atoms with Crippen molar-refractivity contribution in [2.75, 3.05) is 17.2 Å². The van der Waals surface area contributed by atoms with E-state index in [2.05, 4.69) is 20.9 Å². The minimum absolute atomic E-state index is 0.0456. The van der Waals surface area contributed by atoms with E-state index in [1.807, 2.05) is 55.5 Å². The average Bonchev–Trinajstić information content (AvgIpc) is 3.54. The Bertz CT molecular complexity index is 2190. The normalized spacial score (nSPS) is 11.9. The van der Waals surface area contributed by atoms with Crippen LogP contribution in [0.15, 0.2) is 132 Å². The molecular formula is C39H30ClFN4O4S2. The molecule has 1 heterocycles. The second kappa shape index (κ2) is 16.5. The summed E-state index contributed by atoms with van der Waals surface area (Å²) in [6.45, 7) is 2.47. The molecule has 6 aromatic rings. The average molecular weight is 737 g/mol. The summed E-state index contributed by atoms with van der Waals surface area (Å²) in [4.78, 5) is 45.5. The molecule has 0 bridgehead atoms. The number of anilines is 2. The number of thiazole rings is 1. The lowest BCUT2D eigenvalue weighted by Gasteiger charge is -2.17. The van der Waals surface area contributed by atoms with Crippen molar-refractivity contribution in [1.82, 2.24) is 10.3 Å². The van der Waals surface area contributed by atoms with E-state index in [0.717, 1.165) is 26.4 Å². The maximum absolute atomic E-state index is 14.7. The Labute approximate surface area is 306 Å². The van der Waals surface area contributed by atoms with Gasteiger partial charge in [0.1, 0.15) is 22.5 Å². The molecule has 0 fully saturated rings. The van der Waals surface area contributed by atoms with Crippen LogP contribution in [-0.4, -0.2) is 29.3 Å². The first-order valence-electron chi connectivity index (χ1n) is 15.8. The zero-order valence-corrected chi connectivity index (χ0v) is 29.5. The molecule has 0 spiro atoms. The number of hydrogen-bond donors (Lipinski definition) is 3. The number of carbonyl (C=O) groups is 3. The molecule has 8 nitrogen and oxygen atoms in total. The number of fused-ring (bicyclic) bond motifs is 1. The molecule has 12 heteroatoms. The van der Waals surface area contributed by atoms with Gasteiger partial charge in [0, 0.05) is 21.7 Å². The van der Waals surface area contributed by atoms with Crippen LogP contribution in [0.1, 0.15) is 33.7 Å². The Morgan fingerprint density at radius 2 is 1.63 bits per heavy atom. The number of thioether (sulfide) groups is 1. The maximum Gasteiger partial charge on any atom is 0.272 e. The van der Waals surface area contributed by atoms with Crippen LogP contribution in [0.2, 0.25) is 5.02 Å². The molecule has 256 valence electrons. The van der Waals surface area contributed by atoms with Crippen LogP contribution in [0.3, 0.4) is 0 Å². The third-order valence-electron chi connectivity index (χ3n) is 7.42. The number of nitrogens with one attached hydrogen (secondary N) is 3. The van der Waals surface area contributed by atoms with E-state index in [4.69, 9.17) is 16.3 Å². The smallest absolute Gasteiger partial charge is 0.272 e. The third-order valence-corrected chi connectivity index (χ3v) is 9.95. The second-order valence-corrected chi connectivity index (χ2v) is 13.6. The fourth-order valence-electron chi connectivity index (χ4n) is 4.97. The van der Waals surface area contributed by atoms with Gasteiger partial charge in [-0.05, 0) is 85.3 Å². The van der Waals surface area contributed by atoms with Gasteiger partial charge in [-0.1, -0.05) is 77.5 Å². The van der Waals surface area contributed by atoms with E-state index in [1.54, 1.807) is 54.6 Å². The summed E-state index contributed by atoms with van der Waals surface area (Å²) in [6.07, 6.45) is 1.20. The van der Waals surface area contributed by atoms with Gasteiger partial charge in [0.25, 0.3) is 11.8 Å². The molecule has 51 heavy (non-hydrogen) atoms. The number of amides is 3. The van der Waals surface area contributed by atoms with Crippen LogP contribution in [0.25, 0.3) is 16.3 Å². The first-order chi connectivity index (χ1) is 24.8. The number of ether oxygens (including phenoxy) is 1. The van der Waals surface area contributed by atoms with E-state index in [0.29, 0.717) is 23.0 Å². The molecule has 1 atom stereocenters. The van der Waals surface area contributed by atoms with Crippen LogP contribution in [0, 0.1) is 5.82 Å². The molecule has 0 aliphatic carbocycles. The number of carbonyl (C=O) groups excluding carboxylic acids is 3. The third kappa shape index (κ3) is 9.01. The Hall–Kier alpha value is -5.49. The van der Waals surface area contributed by atoms with Crippen LogP contribution < -0.4 is 20.7 Å². The molecule has 0 saturated carbocycles. The zero-order valence-electron chi connectivity index (χ0n) is 27.1. The Morgan fingerprint density at radius 1 is 0.902 bits per heavy atom. The monoisotopic (exact) mass is 736 g/mol. The van der Waals surface area contributed by atoms with E-state index in [-0.39, 0.29) is 22.2 Å². The number of benzene rings is 5. The lowest BCUT2D eigenvalue weighted by atomic mass is 10.1. The van der Waals surface area contributed by atoms with Gasteiger partial charge in [0.2, 0.25) is 5.91 Å². The minimum atomic E-state index is -0.690. The second-order valence-electron chi connectivity index (χ2n) is 11.0. The molecule has 0 aliphatic heterocycles. The van der Waals surface area contributed by atoms with Crippen molar-refractivity contribution >= 4 is 79.5 Å². The Morgan fingerprint density at radius 3 is 2.33 bits per heavy atom. The summed E-state index contributed by atoms with van der Waals surface area (Å²) in [7, 11) is 0. The molecule has 3 N–H and O–H groups in total. The van der Waals surface area contributed by atoms with Crippen molar-refractivity contribution in [3.05, 3.63) is 155 Å². The lowest BCUT2D eigenvalue weighted by molar-refractivity contribution is -0.116. The number of rotatable bonds is 12. The van der Waals surface area contributed by atoms with Gasteiger partial charge >= 0.3 is 0 Å². The predicted molar refractivity (Wildman–Crippen MR) is 203 cm³/mol. The van der Waals surface area contributed by atoms with E-state index < -0.39 is 22.9 Å². The summed E-state index contributed by atoms with van der Waals surface area (Å²) in [6, 6.07) is 34.4. The molecule has 0 aliphatic rings. The first kappa shape index (κ1) is 35.3. The molecular weight excluding hydrogens is 707 g/mol. The lowest BCUT2D eigenvalue weighted by Crippen LogP contribution is -2.30. The van der Waals surface area contributed by atoms with E-state index in [1.165, 1.54) is 47.4 Å². The van der Waals surface area contributed by atoms with Crippen LogP contribution >= 0.6 is 34.7 Å². The summed E-state index contributed by atoms with van der Waals surface area (Å²) in [5, 5.41) is 8.26. The van der Waals surface area contributed by atoms with Crippen molar-refractivity contribution in [3.8, 4) is 5.75 Å². The maximum atomic E-state index is 14.7. The fourth-order valence-corrected chi connectivity index (χ4v) is 7.11. The van der Waals surface area contributed by atoms with Gasteiger partial charge in [-0.2, -0.15) is 0 Å². The molecule has 1 unspecified atom stereocenters. The summed E-state index contributed by atoms with van der Waals surface area (Å²) >= 11 is 8.93. The van der Waals surface area contributed by atoms with Crippen LogP contribution in [0.5, 0.6) is 5.75 Å². The topological polar surface area (TPSA) is 109 Å². The highest BCUT2D eigenvalue weighted by molar-refractivity contribution is 8.00. The molecule has 0 saturated heterocycles. The van der Waals surface area contributed by atoms with Crippen LogP contribution in [0.4, 0.5) is 15.2 Å². The van der Waals surface area contributed by atoms with Crippen molar-refractivity contribution in [3.63, 3.8) is 0 Å². The minimum Gasteiger partial charge on any atom is -0.494 e. The van der Waals surface area contributed by atoms with Crippen molar-refractivity contribution in [2.24, 2.45) is 0 Å². The highest BCUT2D eigenvalue weighted by atomic mass is 35.5. The highest BCUT2D eigenvalue weighted by Gasteiger charge is 2.24. The van der Waals surface area contributed by atoms with Gasteiger partial charge in [-0.15, -0.1) is 11.8 Å². The van der Waals surface area contributed by atoms with Crippen molar-refractivity contribution in [1.29, 1.82) is 0 Å². The quantitative estimate of drug-likeness (QED) is 0.0854. The number of hydrogen-bond acceptors (Lipinski definition) is 7. The van der Waals surface area contributed by atoms with Crippen molar-refractivity contribution < 1.29 is 23.5 Å². The predicted octanol–water partition coefficient (Wildman–Crippen LogP) is 9.37. The van der Waals surface area contributed by atoms with Gasteiger partial charge in [0.15, 0.2) is 5.13 Å². The van der Waals surface area contributed by atoms with Gasteiger partial charge in [0.05, 0.1) is 21.8 Å². The number of aromatic nitrogens is 1. The largest absolute Gasteiger partial charge is 0.494 e. The summed E-state index contributed by atoms with van der Waals surface area (Å²) in [5.41, 5.74) is 2.02. The Balaban J connectivity index is 1.19. The molecule has 6 rings (SSSR count). The Kier molecular flexibility index (Phi) is 11.4. The van der Waals surface area contributed by atoms with Gasteiger partial charge in [-0.25, -0.2) is 9.37 Å². The molecule has 0 radical (unpaired) electrons. The summed E-state index contributed by atoms with van der Waals surface area (Å²) in [5.74, 6) is -1.41. The van der Waals surface area contributed by atoms with Gasteiger partial charge in [-0.3, -0.25) is 14.4 Å². The zero-order chi connectivity index (χ0) is 35.7. The number of halogens is 2. The van der Waals surface area contributed by atoms with Gasteiger partial charge < -0.3 is 20.7 Å². The molecule has 3 amide bonds. The van der Waals surface area contributed by atoms with Crippen LogP contribution in [-0.2, 0) is 9.59 Å². The number of nitrogens with zero attached hydrogens (tertiary/aromatic N) is 1. The first-order valence-corrected chi connectivity index (χ1v) is 17.8. The molecule has 1 aromatic heterocycles. The molecule has 5 aromatic carbocycles.